The van der Waals surface area contributed by atoms with Gasteiger partial charge in [0.25, 0.3) is 0 Å². The first-order valence-corrected chi connectivity index (χ1v) is 19.4. The lowest BCUT2D eigenvalue weighted by Crippen LogP contribution is -2.51. The molecule has 1 fully saturated rings. The third-order valence-corrected chi connectivity index (χ3v) is 13.8. The summed E-state index contributed by atoms with van der Waals surface area (Å²) in [4.78, 5) is 2.76. The monoisotopic (exact) mass is 731 g/mol. The molecule has 3 aliphatic rings. The van der Waals surface area contributed by atoms with E-state index in [0.29, 0.717) is 9.84 Å². The van der Waals surface area contributed by atoms with Crippen molar-refractivity contribution in [1.29, 1.82) is 0 Å². The van der Waals surface area contributed by atoms with Crippen LogP contribution in [0.4, 0.5) is 0 Å². The Morgan fingerprint density at radius 3 is 2.11 bits per heavy atom. The first-order valence-electron chi connectivity index (χ1n) is 18.2. The third kappa shape index (κ3) is 6.40. The van der Waals surface area contributed by atoms with Gasteiger partial charge in [0.05, 0.1) is 0 Å². The summed E-state index contributed by atoms with van der Waals surface area (Å²) in [5.41, 5.74) is 11.8. The largest absolute Gasteiger partial charge is 0.298 e. The van der Waals surface area contributed by atoms with Crippen molar-refractivity contribution in [3.8, 4) is 0 Å². The van der Waals surface area contributed by atoms with Crippen LogP contribution in [-0.4, -0.2) is 23.5 Å². The lowest BCUT2D eigenvalue weighted by Gasteiger charge is -2.49. The molecule has 0 N–H and O–H groups in total. The topological polar surface area (TPSA) is 3.24 Å². The summed E-state index contributed by atoms with van der Waals surface area (Å²) in [5.74, 6) is 0.609. The van der Waals surface area contributed by atoms with Gasteiger partial charge in [-0.15, -0.1) is 0 Å². The van der Waals surface area contributed by atoms with Gasteiger partial charge in [-0.1, -0.05) is 148 Å². The van der Waals surface area contributed by atoms with Crippen molar-refractivity contribution in [1.82, 2.24) is 4.90 Å². The van der Waals surface area contributed by atoms with E-state index in [1.807, 2.05) is 0 Å². The van der Waals surface area contributed by atoms with E-state index in [1.54, 1.807) is 22.3 Å². The van der Waals surface area contributed by atoms with Crippen LogP contribution in [-0.2, 0) is 5.41 Å². The van der Waals surface area contributed by atoms with Crippen LogP contribution >= 0.6 is 22.6 Å². The molecule has 1 saturated heterocycles. The summed E-state index contributed by atoms with van der Waals surface area (Å²) in [7, 11) is 0. The lowest BCUT2D eigenvalue weighted by molar-refractivity contribution is 0.0672. The Morgan fingerprint density at radius 2 is 1.57 bits per heavy atom. The summed E-state index contributed by atoms with van der Waals surface area (Å²) < 4.78 is 0.534. The van der Waals surface area contributed by atoms with Crippen molar-refractivity contribution >= 4 is 28.2 Å². The van der Waals surface area contributed by atoms with Crippen LogP contribution in [0.3, 0.4) is 0 Å². The summed E-state index contributed by atoms with van der Waals surface area (Å²) in [5, 5.41) is 0. The van der Waals surface area contributed by atoms with Crippen LogP contribution in [0.15, 0.2) is 83.5 Å². The van der Waals surface area contributed by atoms with Gasteiger partial charge in [0.2, 0.25) is 0 Å². The number of hydrogen-bond acceptors (Lipinski definition) is 1. The van der Waals surface area contributed by atoms with Crippen molar-refractivity contribution in [3.63, 3.8) is 0 Å². The van der Waals surface area contributed by atoms with E-state index < -0.39 is 0 Å². The van der Waals surface area contributed by atoms with Crippen LogP contribution in [0.25, 0.3) is 5.57 Å². The lowest BCUT2D eigenvalue weighted by atomic mass is 9.56. The standard InChI is InChI=1S/C44H62IN/c1-12-37-42(9,10)36(34-21-19-33(20-22-34)32(4)45)23-24-43(37,11)26-25-40(5,6)38-31(3)39(38)44(35-17-15-14-16-18-35)27-29-46(30-28-44)41(7,8)13-2/h12,14-23,32,38H,13,24-30H2,1-11H3/b37-12-/t32-,38-,43-/m1/s1. The zero-order valence-electron chi connectivity index (χ0n) is 31.0. The van der Waals surface area contributed by atoms with Gasteiger partial charge in [-0.2, -0.15) is 0 Å². The van der Waals surface area contributed by atoms with E-state index in [-0.39, 0.29) is 27.2 Å². The minimum atomic E-state index is 0.0138. The summed E-state index contributed by atoms with van der Waals surface area (Å²) in [6, 6.07) is 20.9. The highest BCUT2D eigenvalue weighted by Crippen LogP contribution is 2.64. The van der Waals surface area contributed by atoms with Gasteiger partial charge in [-0.3, -0.25) is 4.90 Å². The molecule has 0 unspecified atom stereocenters. The Bertz CT molecular complexity index is 1470. The molecule has 3 atom stereocenters. The van der Waals surface area contributed by atoms with Crippen LogP contribution in [0.5, 0.6) is 0 Å². The fourth-order valence-corrected chi connectivity index (χ4v) is 10.3. The maximum atomic E-state index is 2.76. The summed E-state index contributed by atoms with van der Waals surface area (Å²) in [6.45, 7) is 29.2. The van der Waals surface area contributed by atoms with Crippen LogP contribution < -0.4 is 0 Å². The number of rotatable bonds is 10. The zero-order chi connectivity index (χ0) is 33.7. The minimum Gasteiger partial charge on any atom is -0.298 e. The molecule has 0 aromatic heterocycles. The van der Waals surface area contributed by atoms with Gasteiger partial charge in [0, 0.05) is 26.2 Å². The second-order valence-corrected chi connectivity index (χ2v) is 18.9. The Morgan fingerprint density at radius 1 is 0.957 bits per heavy atom. The maximum Gasteiger partial charge on any atom is 0.0331 e. The van der Waals surface area contributed by atoms with E-state index in [4.69, 9.17) is 0 Å². The second kappa shape index (κ2) is 13.0. The Hall–Kier alpha value is -1.65. The van der Waals surface area contributed by atoms with Crippen molar-refractivity contribution in [2.75, 3.05) is 13.1 Å². The van der Waals surface area contributed by atoms with Crippen molar-refractivity contribution < 1.29 is 0 Å². The molecular weight excluding hydrogens is 669 g/mol. The van der Waals surface area contributed by atoms with Gasteiger partial charge < -0.3 is 0 Å². The van der Waals surface area contributed by atoms with Gasteiger partial charge >= 0.3 is 0 Å². The maximum absolute atomic E-state index is 2.76. The smallest absolute Gasteiger partial charge is 0.0331 e. The van der Waals surface area contributed by atoms with Crippen LogP contribution in [0.2, 0.25) is 0 Å². The molecule has 1 aliphatic heterocycles. The fraction of sp³-hybridized carbons (Fsp3) is 0.591. The quantitative estimate of drug-likeness (QED) is 0.134. The van der Waals surface area contributed by atoms with E-state index in [2.05, 4.69) is 170 Å². The SMILES string of the molecule is C/C=C1/C(C)(C)C(c2ccc([C@@H](C)I)cc2)=CC[C@]1(C)CCC(C)(C)[C@@H]1C(C)=C1C1(c2ccccc2)CCN(C(C)(C)CC)CC1. The molecule has 1 heterocycles. The molecular formula is C44H62IN. The molecule has 2 aromatic rings. The Balaban J connectivity index is 1.36. The Labute approximate surface area is 296 Å². The first-order chi connectivity index (χ1) is 21.5. The Kier molecular flexibility index (Phi) is 10.1. The van der Waals surface area contributed by atoms with Gasteiger partial charge in [0.1, 0.15) is 0 Å². The number of alkyl halides is 1. The van der Waals surface area contributed by atoms with Gasteiger partial charge in [-0.25, -0.2) is 0 Å². The molecule has 2 aromatic carbocycles. The van der Waals surface area contributed by atoms with Crippen molar-refractivity contribution in [3.05, 3.63) is 100 Å². The second-order valence-electron chi connectivity index (χ2n) is 17.1. The van der Waals surface area contributed by atoms with Crippen LogP contribution in [0.1, 0.15) is 135 Å². The average molecular weight is 732 g/mol. The molecule has 1 nitrogen and oxygen atoms in total. The molecule has 5 rings (SSSR count). The molecule has 46 heavy (non-hydrogen) atoms. The summed E-state index contributed by atoms with van der Waals surface area (Å²) >= 11 is 2.51. The normalized spacial score (nSPS) is 26.7. The van der Waals surface area contributed by atoms with Gasteiger partial charge in [-0.05, 0) is 119 Å². The van der Waals surface area contributed by atoms with Crippen molar-refractivity contribution in [2.24, 2.45) is 22.2 Å². The van der Waals surface area contributed by atoms with E-state index >= 15 is 0 Å². The highest BCUT2D eigenvalue weighted by atomic mass is 127. The molecule has 0 radical (unpaired) electrons. The number of benzene rings is 2. The average Bonchev–Trinajstić information content (AvgIpc) is 3.73. The molecule has 0 spiro atoms. The number of halogens is 1. The summed E-state index contributed by atoms with van der Waals surface area (Å²) in [6.07, 6.45) is 12.3. The zero-order valence-corrected chi connectivity index (χ0v) is 33.1. The fourth-order valence-electron chi connectivity index (χ4n) is 9.84. The number of piperidine rings is 1. The predicted octanol–water partition coefficient (Wildman–Crippen LogP) is 12.9. The van der Waals surface area contributed by atoms with E-state index in [9.17, 15) is 0 Å². The van der Waals surface area contributed by atoms with E-state index in [1.165, 1.54) is 61.9 Å². The number of allylic oxidation sites excluding steroid dienone is 6. The molecule has 250 valence electrons. The molecule has 0 bridgehead atoms. The first kappa shape index (κ1) is 35.7. The van der Waals surface area contributed by atoms with Gasteiger partial charge in [0.15, 0.2) is 0 Å². The number of hydrogen-bond donors (Lipinski definition) is 0. The molecule has 2 aliphatic carbocycles. The minimum absolute atomic E-state index is 0.0138. The third-order valence-electron chi connectivity index (χ3n) is 13.1. The predicted molar refractivity (Wildman–Crippen MR) is 210 cm³/mol. The molecule has 2 heteroatoms. The van der Waals surface area contributed by atoms with Crippen LogP contribution in [0, 0.1) is 22.2 Å². The highest BCUT2D eigenvalue weighted by Gasteiger charge is 2.56. The number of nitrogens with zero attached hydrogens (tertiary/aromatic N) is 1. The van der Waals surface area contributed by atoms with E-state index in [0.717, 1.165) is 6.42 Å². The molecule has 0 amide bonds. The molecule has 0 saturated carbocycles. The van der Waals surface area contributed by atoms with Crippen molar-refractivity contribution in [2.45, 2.75) is 130 Å². The highest BCUT2D eigenvalue weighted by molar-refractivity contribution is 14.1. The number of likely N-dealkylation sites (tertiary alicyclic amines) is 1.